The fourth-order valence-electron chi connectivity index (χ4n) is 1.89. The van der Waals surface area contributed by atoms with Gasteiger partial charge in [-0.1, -0.05) is 17.7 Å². The zero-order valence-corrected chi connectivity index (χ0v) is 12.7. The van der Waals surface area contributed by atoms with E-state index < -0.39 is 5.97 Å². The van der Waals surface area contributed by atoms with Gasteiger partial charge in [-0.25, -0.2) is 9.48 Å². The lowest BCUT2D eigenvalue weighted by molar-refractivity contribution is -0.131. The van der Waals surface area contributed by atoms with Gasteiger partial charge in [0, 0.05) is 13.1 Å². The summed E-state index contributed by atoms with van der Waals surface area (Å²) in [5.41, 5.74) is 1.54. The first-order chi connectivity index (χ1) is 10.4. The van der Waals surface area contributed by atoms with Gasteiger partial charge in [0.25, 0.3) is 0 Å². The predicted octanol–water partition coefficient (Wildman–Crippen LogP) is 3.08. The standard InChI is InChI=1S/C15H13ClN2O4/c1-9-11(8-19)15(18(2)17-9)22-13-5-3-10(7-12(13)16)4-6-14(20)21/h3-8H,1-2H3,(H,20,21). The van der Waals surface area contributed by atoms with Crippen LogP contribution in [0.4, 0.5) is 0 Å². The van der Waals surface area contributed by atoms with E-state index in [1.165, 1.54) is 10.8 Å². The summed E-state index contributed by atoms with van der Waals surface area (Å²) in [4.78, 5) is 21.6. The third-order valence-electron chi connectivity index (χ3n) is 2.91. The molecule has 0 unspecified atom stereocenters. The van der Waals surface area contributed by atoms with E-state index in [-0.39, 0.29) is 0 Å². The van der Waals surface area contributed by atoms with E-state index in [2.05, 4.69) is 5.10 Å². The van der Waals surface area contributed by atoms with Crippen molar-refractivity contribution in [2.75, 3.05) is 0 Å². The number of carbonyl (C=O) groups excluding carboxylic acids is 1. The molecule has 0 fully saturated rings. The van der Waals surface area contributed by atoms with Crippen LogP contribution in [0.2, 0.25) is 5.02 Å². The Morgan fingerprint density at radius 1 is 1.45 bits per heavy atom. The molecule has 1 aromatic carbocycles. The summed E-state index contributed by atoms with van der Waals surface area (Å²) in [6.07, 6.45) is 3.11. The number of ether oxygens (including phenoxy) is 1. The maximum Gasteiger partial charge on any atom is 0.328 e. The second kappa shape index (κ2) is 6.44. The van der Waals surface area contributed by atoms with E-state index in [1.807, 2.05) is 0 Å². The van der Waals surface area contributed by atoms with Gasteiger partial charge in [-0.2, -0.15) is 5.10 Å². The number of carboxylic acid groups (broad SMARTS) is 1. The minimum Gasteiger partial charge on any atom is -0.478 e. The van der Waals surface area contributed by atoms with E-state index in [0.717, 1.165) is 6.08 Å². The zero-order chi connectivity index (χ0) is 16.3. The highest BCUT2D eigenvalue weighted by Gasteiger charge is 2.16. The minimum atomic E-state index is -1.04. The number of carbonyl (C=O) groups is 2. The third kappa shape index (κ3) is 3.35. The van der Waals surface area contributed by atoms with Crippen LogP contribution in [0, 0.1) is 6.92 Å². The minimum absolute atomic E-state index is 0.295. The smallest absolute Gasteiger partial charge is 0.328 e. The average molecular weight is 321 g/mol. The van der Waals surface area contributed by atoms with Gasteiger partial charge in [0.2, 0.25) is 5.88 Å². The van der Waals surface area contributed by atoms with Gasteiger partial charge in [0.05, 0.1) is 16.3 Å². The van der Waals surface area contributed by atoms with E-state index in [0.29, 0.717) is 39.8 Å². The Kier molecular flexibility index (Phi) is 4.62. The van der Waals surface area contributed by atoms with Crippen molar-refractivity contribution < 1.29 is 19.4 Å². The average Bonchev–Trinajstić information content (AvgIpc) is 2.72. The van der Waals surface area contributed by atoms with E-state index >= 15 is 0 Å². The summed E-state index contributed by atoms with van der Waals surface area (Å²) >= 11 is 6.12. The van der Waals surface area contributed by atoms with Crippen molar-refractivity contribution in [3.05, 3.63) is 46.1 Å². The first-order valence-electron chi connectivity index (χ1n) is 6.29. The molecule has 0 amide bonds. The van der Waals surface area contributed by atoms with Gasteiger partial charge in [0.1, 0.15) is 5.75 Å². The van der Waals surface area contributed by atoms with Crippen molar-refractivity contribution in [3.8, 4) is 11.6 Å². The number of hydrogen-bond donors (Lipinski definition) is 1. The molecule has 1 aromatic heterocycles. The Morgan fingerprint density at radius 2 is 2.18 bits per heavy atom. The van der Waals surface area contributed by atoms with E-state index in [1.54, 1.807) is 32.2 Å². The summed E-state index contributed by atoms with van der Waals surface area (Å²) in [5, 5.41) is 13.0. The van der Waals surface area contributed by atoms with Gasteiger partial charge in [-0.15, -0.1) is 0 Å². The maximum absolute atomic E-state index is 11.1. The second-order valence-electron chi connectivity index (χ2n) is 4.51. The van der Waals surface area contributed by atoms with Crippen LogP contribution in [0.25, 0.3) is 6.08 Å². The number of aromatic nitrogens is 2. The SMILES string of the molecule is Cc1nn(C)c(Oc2ccc(C=CC(=O)O)cc2Cl)c1C=O. The topological polar surface area (TPSA) is 81.4 Å². The molecule has 114 valence electrons. The second-order valence-corrected chi connectivity index (χ2v) is 4.92. The van der Waals surface area contributed by atoms with Crippen molar-refractivity contribution in [1.29, 1.82) is 0 Å². The molecule has 6 nitrogen and oxygen atoms in total. The van der Waals surface area contributed by atoms with Gasteiger partial charge in [-0.05, 0) is 30.7 Å². The van der Waals surface area contributed by atoms with Gasteiger partial charge >= 0.3 is 5.97 Å². The lowest BCUT2D eigenvalue weighted by Gasteiger charge is -2.09. The fourth-order valence-corrected chi connectivity index (χ4v) is 2.11. The molecule has 0 spiro atoms. The number of rotatable bonds is 5. The molecule has 0 saturated carbocycles. The Hall–Kier alpha value is -2.60. The largest absolute Gasteiger partial charge is 0.478 e. The molecule has 7 heteroatoms. The molecule has 0 atom stereocenters. The zero-order valence-electron chi connectivity index (χ0n) is 11.9. The molecule has 0 aliphatic rings. The maximum atomic E-state index is 11.1. The van der Waals surface area contributed by atoms with Gasteiger partial charge in [-0.3, -0.25) is 4.79 Å². The molecule has 0 bridgehead atoms. The molecular weight excluding hydrogens is 308 g/mol. The molecule has 0 aliphatic heterocycles. The van der Waals surface area contributed by atoms with Crippen LogP contribution in [-0.2, 0) is 11.8 Å². The summed E-state index contributed by atoms with van der Waals surface area (Å²) in [6, 6.07) is 4.82. The molecule has 2 aromatic rings. The first-order valence-corrected chi connectivity index (χ1v) is 6.67. The highest BCUT2D eigenvalue weighted by atomic mass is 35.5. The number of hydrogen-bond acceptors (Lipinski definition) is 4. The molecule has 1 N–H and O–H groups in total. The summed E-state index contributed by atoms with van der Waals surface area (Å²) < 4.78 is 7.11. The van der Waals surface area contributed by atoms with Crippen molar-refractivity contribution in [1.82, 2.24) is 9.78 Å². The van der Waals surface area contributed by atoms with Crippen LogP contribution < -0.4 is 4.74 Å². The predicted molar refractivity (Wildman–Crippen MR) is 81.5 cm³/mol. The molecular formula is C15H13ClN2O4. The highest BCUT2D eigenvalue weighted by Crippen LogP contribution is 2.32. The normalized spacial score (nSPS) is 10.9. The monoisotopic (exact) mass is 320 g/mol. The number of aliphatic carboxylic acids is 1. The van der Waals surface area contributed by atoms with Crippen molar-refractivity contribution in [3.63, 3.8) is 0 Å². The van der Waals surface area contributed by atoms with E-state index in [9.17, 15) is 9.59 Å². The van der Waals surface area contributed by atoms with Crippen LogP contribution in [0.3, 0.4) is 0 Å². The Labute approximate surface area is 131 Å². The van der Waals surface area contributed by atoms with Crippen molar-refractivity contribution in [2.24, 2.45) is 7.05 Å². The van der Waals surface area contributed by atoms with E-state index in [4.69, 9.17) is 21.4 Å². The Morgan fingerprint density at radius 3 is 2.77 bits per heavy atom. The third-order valence-corrected chi connectivity index (χ3v) is 3.21. The van der Waals surface area contributed by atoms with Crippen LogP contribution in [0.15, 0.2) is 24.3 Å². The van der Waals surface area contributed by atoms with Gasteiger partial charge < -0.3 is 9.84 Å². The first kappa shape index (κ1) is 15.8. The number of nitrogens with zero attached hydrogens (tertiary/aromatic N) is 2. The number of benzene rings is 1. The lowest BCUT2D eigenvalue weighted by Crippen LogP contribution is -1.97. The summed E-state index contributed by atoms with van der Waals surface area (Å²) in [6.45, 7) is 1.71. The highest BCUT2D eigenvalue weighted by molar-refractivity contribution is 6.32. The number of aldehydes is 1. The van der Waals surface area contributed by atoms with Crippen LogP contribution in [-0.4, -0.2) is 27.1 Å². The van der Waals surface area contributed by atoms with Crippen molar-refractivity contribution in [2.45, 2.75) is 6.92 Å². The molecule has 1 heterocycles. The Bertz CT molecular complexity index is 765. The molecule has 0 aliphatic carbocycles. The number of carboxylic acids is 1. The molecule has 22 heavy (non-hydrogen) atoms. The quantitative estimate of drug-likeness (QED) is 0.676. The Balaban J connectivity index is 2.31. The number of aryl methyl sites for hydroxylation is 2. The molecule has 0 radical (unpaired) electrons. The summed E-state index contributed by atoms with van der Waals surface area (Å²) in [5.74, 6) is -0.402. The van der Waals surface area contributed by atoms with Gasteiger partial charge in [0.15, 0.2) is 6.29 Å². The van der Waals surface area contributed by atoms with Crippen molar-refractivity contribution >= 4 is 29.9 Å². The fraction of sp³-hybridized carbons (Fsp3) is 0.133. The van der Waals surface area contributed by atoms with Crippen LogP contribution in [0.1, 0.15) is 21.6 Å². The molecule has 2 rings (SSSR count). The lowest BCUT2D eigenvalue weighted by atomic mass is 10.2. The number of halogens is 1. The summed E-state index contributed by atoms with van der Waals surface area (Å²) in [7, 11) is 1.66. The molecule has 0 saturated heterocycles. The van der Waals surface area contributed by atoms with Crippen LogP contribution >= 0.6 is 11.6 Å². The van der Waals surface area contributed by atoms with Crippen LogP contribution in [0.5, 0.6) is 11.6 Å².